The van der Waals surface area contributed by atoms with E-state index in [0.29, 0.717) is 12.0 Å². The van der Waals surface area contributed by atoms with Crippen LogP contribution in [0.25, 0.3) is 0 Å². The number of fused-ring (bicyclic) bond motifs is 1. The molecule has 0 aromatic heterocycles. The van der Waals surface area contributed by atoms with Gasteiger partial charge in [0.25, 0.3) is 0 Å². The molecule has 3 unspecified atom stereocenters. The Kier molecular flexibility index (Phi) is 4.42. The third-order valence-corrected chi connectivity index (χ3v) is 7.75. The Balaban J connectivity index is 1.63. The first-order chi connectivity index (χ1) is 13.9. The fraction of sp³-hybridized carbons (Fsp3) is 0.591. The molecule has 1 aromatic carbocycles. The van der Waals surface area contributed by atoms with E-state index in [-0.39, 0.29) is 35.7 Å². The number of amides is 1. The van der Waals surface area contributed by atoms with Crippen molar-refractivity contribution in [3.63, 3.8) is 0 Å². The Labute approximate surface area is 175 Å². The van der Waals surface area contributed by atoms with Crippen LogP contribution in [0.3, 0.4) is 0 Å². The number of nitrogens with two attached hydrogens (primary N) is 1. The third kappa shape index (κ3) is 2.80. The summed E-state index contributed by atoms with van der Waals surface area (Å²) in [4.78, 5) is 29.8. The molecule has 0 radical (unpaired) electrons. The van der Waals surface area contributed by atoms with Gasteiger partial charge in [0.15, 0.2) is 5.96 Å². The number of anilines is 1. The summed E-state index contributed by atoms with van der Waals surface area (Å²) in [5, 5.41) is 12.7. The number of rotatable bonds is 5. The molecule has 4 rings (SSSR count). The van der Waals surface area contributed by atoms with Gasteiger partial charge in [-0.05, 0) is 55.7 Å². The second-order valence-corrected chi connectivity index (χ2v) is 9.79. The average Bonchev–Trinajstić information content (AvgIpc) is 3.20. The van der Waals surface area contributed by atoms with Gasteiger partial charge in [0, 0.05) is 30.8 Å². The lowest BCUT2D eigenvalue weighted by Crippen LogP contribution is -2.48. The van der Waals surface area contributed by atoms with Crippen LogP contribution in [0.2, 0.25) is 0 Å². The molecule has 2 fully saturated rings. The molecule has 3 aliphatic rings. The lowest BCUT2D eigenvalue weighted by atomic mass is 9.77. The SMILES string of the molecule is CN1C(=O)C2(C)C[C@]2(c2cc(NC3CCC(CC(=O)O)C3(C)C)ccc2F)N=C1N. The number of guanidine groups is 1. The number of hydrogen-bond donors (Lipinski definition) is 3. The Bertz CT molecular complexity index is 962. The highest BCUT2D eigenvalue weighted by Crippen LogP contribution is 2.68. The summed E-state index contributed by atoms with van der Waals surface area (Å²) >= 11 is 0. The number of aliphatic carboxylic acids is 1. The number of hydrogen-bond acceptors (Lipinski definition) is 5. The van der Waals surface area contributed by atoms with Crippen LogP contribution in [0.15, 0.2) is 23.2 Å². The standard InChI is InChI=1S/C22H29FN4O3/c1-20(2)12(9-17(28)29)5-8-16(20)25-13-6-7-15(23)14(10-13)22-11-21(22,3)18(30)27(4)19(24)26-22/h6-7,10,12,16,25H,5,8-9,11H2,1-4H3,(H2,24,26)(H,28,29)/t12?,16?,21?,22-/m1/s1. The number of aliphatic imine (C=N–C) groups is 1. The van der Waals surface area contributed by atoms with Crippen LogP contribution in [0.5, 0.6) is 0 Å². The maximum Gasteiger partial charge on any atom is 0.303 e. The zero-order valence-electron chi connectivity index (χ0n) is 17.8. The van der Waals surface area contributed by atoms with Crippen molar-refractivity contribution in [3.05, 3.63) is 29.6 Å². The first-order valence-corrected chi connectivity index (χ1v) is 10.3. The van der Waals surface area contributed by atoms with Crippen LogP contribution in [0.4, 0.5) is 10.1 Å². The van der Waals surface area contributed by atoms with E-state index in [9.17, 15) is 19.1 Å². The molecule has 0 saturated heterocycles. The number of carbonyl (C=O) groups excluding carboxylic acids is 1. The molecule has 1 amide bonds. The van der Waals surface area contributed by atoms with Crippen molar-refractivity contribution in [1.82, 2.24) is 4.90 Å². The Morgan fingerprint density at radius 1 is 1.37 bits per heavy atom. The van der Waals surface area contributed by atoms with E-state index in [1.165, 1.54) is 11.0 Å². The maximum absolute atomic E-state index is 14.9. The predicted molar refractivity (Wildman–Crippen MR) is 111 cm³/mol. The van der Waals surface area contributed by atoms with Crippen molar-refractivity contribution in [2.45, 2.75) is 58.0 Å². The van der Waals surface area contributed by atoms with E-state index in [1.54, 1.807) is 26.1 Å². The fourth-order valence-corrected chi connectivity index (χ4v) is 5.44. The lowest BCUT2D eigenvalue weighted by molar-refractivity contribution is -0.139. The molecular formula is C22H29FN4O3. The third-order valence-electron chi connectivity index (χ3n) is 7.75. The van der Waals surface area contributed by atoms with Gasteiger partial charge in [0.2, 0.25) is 5.91 Å². The molecule has 2 aliphatic carbocycles. The Morgan fingerprint density at radius 2 is 2.07 bits per heavy atom. The first-order valence-electron chi connectivity index (χ1n) is 10.3. The molecule has 1 aromatic rings. The molecule has 162 valence electrons. The summed E-state index contributed by atoms with van der Waals surface area (Å²) < 4.78 is 14.9. The van der Waals surface area contributed by atoms with E-state index in [2.05, 4.69) is 24.2 Å². The summed E-state index contributed by atoms with van der Waals surface area (Å²) in [5.74, 6) is -1.17. The van der Waals surface area contributed by atoms with Crippen LogP contribution < -0.4 is 11.1 Å². The lowest BCUT2D eigenvalue weighted by Gasteiger charge is -2.34. The molecule has 0 spiro atoms. The number of halogens is 1. The molecule has 8 heteroatoms. The van der Waals surface area contributed by atoms with Crippen molar-refractivity contribution in [2.75, 3.05) is 12.4 Å². The van der Waals surface area contributed by atoms with Crippen LogP contribution in [0.1, 0.15) is 52.0 Å². The van der Waals surface area contributed by atoms with Crippen LogP contribution >= 0.6 is 0 Å². The first kappa shape index (κ1) is 20.6. The van der Waals surface area contributed by atoms with E-state index in [1.807, 2.05) is 0 Å². The van der Waals surface area contributed by atoms with Crippen molar-refractivity contribution < 1.29 is 19.1 Å². The van der Waals surface area contributed by atoms with Gasteiger partial charge in [0.1, 0.15) is 11.4 Å². The van der Waals surface area contributed by atoms with Crippen molar-refractivity contribution in [2.24, 2.45) is 27.5 Å². The van der Waals surface area contributed by atoms with E-state index in [0.717, 1.165) is 18.5 Å². The van der Waals surface area contributed by atoms with Gasteiger partial charge >= 0.3 is 5.97 Å². The van der Waals surface area contributed by atoms with Crippen LogP contribution in [0, 0.1) is 22.6 Å². The zero-order chi connectivity index (χ0) is 22.1. The molecule has 1 aliphatic heterocycles. The average molecular weight is 416 g/mol. The summed E-state index contributed by atoms with van der Waals surface area (Å²) in [6.45, 7) is 5.96. The summed E-state index contributed by atoms with van der Waals surface area (Å²) in [5.41, 5.74) is 5.07. The fourth-order valence-electron chi connectivity index (χ4n) is 5.44. The van der Waals surface area contributed by atoms with Crippen molar-refractivity contribution in [3.8, 4) is 0 Å². The predicted octanol–water partition coefficient (Wildman–Crippen LogP) is 2.91. The molecule has 7 nitrogen and oxygen atoms in total. The number of carboxylic acids is 1. The number of benzene rings is 1. The molecule has 1 heterocycles. The van der Waals surface area contributed by atoms with Gasteiger partial charge in [-0.3, -0.25) is 14.5 Å². The minimum absolute atomic E-state index is 0.0657. The largest absolute Gasteiger partial charge is 0.481 e. The minimum Gasteiger partial charge on any atom is -0.481 e. The molecule has 2 saturated carbocycles. The van der Waals surface area contributed by atoms with Gasteiger partial charge in [0.05, 0.1) is 5.41 Å². The Hall–Kier alpha value is -2.64. The zero-order valence-corrected chi connectivity index (χ0v) is 17.8. The molecule has 4 atom stereocenters. The quantitative estimate of drug-likeness (QED) is 0.684. The molecular weight excluding hydrogens is 387 g/mol. The normalized spacial score (nSPS) is 34.4. The smallest absolute Gasteiger partial charge is 0.303 e. The number of nitrogens with one attached hydrogen (secondary N) is 1. The number of carboxylic acid groups (broad SMARTS) is 1. The molecule has 4 N–H and O–H groups in total. The Morgan fingerprint density at radius 3 is 2.73 bits per heavy atom. The van der Waals surface area contributed by atoms with Gasteiger partial charge in [-0.2, -0.15) is 0 Å². The monoisotopic (exact) mass is 416 g/mol. The highest BCUT2D eigenvalue weighted by molar-refractivity contribution is 6.04. The summed E-state index contributed by atoms with van der Waals surface area (Å²) in [6, 6.07) is 4.88. The van der Waals surface area contributed by atoms with Gasteiger partial charge in [-0.25, -0.2) is 9.38 Å². The number of nitrogens with zero attached hydrogens (tertiary/aromatic N) is 2. The summed E-state index contributed by atoms with van der Waals surface area (Å²) in [7, 11) is 1.58. The van der Waals surface area contributed by atoms with Gasteiger partial charge in [-0.15, -0.1) is 0 Å². The van der Waals surface area contributed by atoms with E-state index >= 15 is 0 Å². The maximum atomic E-state index is 14.9. The van der Waals surface area contributed by atoms with Gasteiger partial charge < -0.3 is 16.2 Å². The second kappa shape index (κ2) is 6.43. The second-order valence-electron chi connectivity index (χ2n) is 9.79. The van der Waals surface area contributed by atoms with Crippen molar-refractivity contribution >= 4 is 23.5 Å². The summed E-state index contributed by atoms with van der Waals surface area (Å²) in [6.07, 6.45) is 2.23. The van der Waals surface area contributed by atoms with Crippen molar-refractivity contribution in [1.29, 1.82) is 0 Å². The van der Waals surface area contributed by atoms with Crippen LogP contribution in [-0.2, 0) is 15.1 Å². The highest BCUT2D eigenvalue weighted by Gasteiger charge is 2.74. The molecule has 0 bridgehead atoms. The topological polar surface area (TPSA) is 108 Å². The minimum atomic E-state index is -0.973. The van der Waals surface area contributed by atoms with E-state index < -0.39 is 22.7 Å². The van der Waals surface area contributed by atoms with E-state index in [4.69, 9.17) is 5.73 Å². The van der Waals surface area contributed by atoms with Gasteiger partial charge in [-0.1, -0.05) is 13.8 Å². The van der Waals surface area contributed by atoms with Crippen LogP contribution in [-0.4, -0.2) is 40.9 Å². The number of carbonyl (C=O) groups is 2. The molecule has 30 heavy (non-hydrogen) atoms. The highest BCUT2D eigenvalue weighted by atomic mass is 19.1.